The summed E-state index contributed by atoms with van der Waals surface area (Å²) in [5.74, 6) is -0.309. The van der Waals surface area contributed by atoms with E-state index in [1.54, 1.807) is 18.2 Å². The van der Waals surface area contributed by atoms with Crippen molar-refractivity contribution in [2.75, 3.05) is 20.8 Å². The summed E-state index contributed by atoms with van der Waals surface area (Å²) < 4.78 is 23.1. The molecule has 0 heterocycles. The van der Waals surface area contributed by atoms with Crippen molar-refractivity contribution >= 4 is 18.0 Å². The number of benzene rings is 2. The minimum Gasteiger partial charge on any atom is -0.493 e. The van der Waals surface area contributed by atoms with Gasteiger partial charge in [-0.1, -0.05) is 0 Å². The fraction of sp³-hybridized carbons (Fsp3) is 0.167. The van der Waals surface area contributed by atoms with Gasteiger partial charge in [0.25, 0.3) is 11.8 Å². The van der Waals surface area contributed by atoms with Crippen molar-refractivity contribution in [3.8, 4) is 11.5 Å². The molecule has 7 nitrogen and oxygen atoms in total. The summed E-state index contributed by atoms with van der Waals surface area (Å²) in [4.78, 5) is 23.5. The van der Waals surface area contributed by atoms with Crippen LogP contribution in [0.25, 0.3) is 0 Å². The van der Waals surface area contributed by atoms with E-state index in [4.69, 9.17) is 9.47 Å². The zero-order valence-electron chi connectivity index (χ0n) is 14.3. The van der Waals surface area contributed by atoms with Crippen LogP contribution in [0.2, 0.25) is 0 Å². The van der Waals surface area contributed by atoms with Crippen LogP contribution >= 0.6 is 0 Å². The highest BCUT2D eigenvalue weighted by atomic mass is 19.1. The number of carbonyl (C=O) groups excluding carboxylic acids is 2. The Morgan fingerprint density at radius 2 is 1.77 bits per heavy atom. The Morgan fingerprint density at radius 1 is 1.08 bits per heavy atom. The van der Waals surface area contributed by atoms with Crippen LogP contribution in [0.4, 0.5) is 4.39 Å². The molecule has 0 radical (unpaired) electrons. The maximum Gasteiger partial charge on any atom is 0.259 e. The van der Waals surface area contributed by atoms with Crippen molar-refractivity contribution in [2.45, 2.75) is 0 Å². The number of methoxy groups -OCH3 is 2. The first-order valence-corrected chi connectivity index (χ1v) is 7.61. The number of nitrogens with one attached hydrogen (secondary N) is 2. The van der Waals surface area contributed by atoms with Crippen LogP contribution in [-0.2, 0) is 4.79 Å². The molecule has 2 aromatic carbocycles. The Hall–Kier alpha value is -3.42. The lowest BCUT2D eigenvalue weighted by Gasteiger charge is -2.07. The molecule has 0 fully saturated rings. The number of ether oxygens (including phenoxy) is 2. The van der Waals surface area contributed by atoms with E-state index >= 15 is 0 Å². The van der Waals surface area contributed by atoms with Crippen LogP contribution in [0.15, 0.2) is 47.6 Å². The van der Waals surface area contributed by atoms with Crippen molar-refractivity contribution in [3.05, 3.63) is 59.4 Å². The monoisotopic (exact) mass is 359 g/mol. The third-order valence-electron chi connectivity index (χ3n) is 3.33. The van der Waals surface area contributed by atoms with Crippen LogP contribution in [0.5, 0.6) is 11.5 Å². The number of halogens is 1. The van der Waals surface area contributed by atoms with E-state index in [1.807, 2.05) is 0 Å². The molecule has 2 amide bonds. The highest BCUT2D eigenvalue weighted by Gasteiger charge is 2.07. The molecule has 0 aliphatic rings. The Balaban J connectivity index is 1.83. The van der Waals surface area contributed by atoms with Gasteiger partial charge < -0.3 is 14.8 Å². The van der Waals surface area contributed by atoms with Crippen molar-refractivity contribution in [2.24, 2.45) is 5.10 Å². The van der Waals surface area contributed by atoms with Gasteiger partial charge in [-0.25, -0.2) is 9.82 Å². The van der Waals surface area contributed by atoms with E-state index < -0.39 is 17.6 Å². The molecular formula is C18H18FN3O4. The van der Waals surface area contributed by atoms with Crippen LogP contribution in [0.1, 0.15) is 15.9 Å². The van der Waals surface area contributed by atoms with Crippen LogP contribution < -0.4 is 20.2 Å². The van der Waals surface area contributed by atoms with Crippen LogP contribution in [0, 0.1) is 5.82 Å². The molecule has 26 heavy (non-hydrogen) atoms. The van der Waals surface area contributed by atoms with Gasteiger partial charge in [0, 0.05) is 5.56 Å². The Labute approximate surface area is 149 Å². The molecule has 8 heteroatoms. The van der Waals surface area contributed by atoms with E-state index in [0.29, 0.717) is 17.1 Å². The summed E-state index contributed by atoms with van der Waals surface area (Å²) in [7, 11) is 3.05. The molecule has 0 unspecified atom stereocenters. The Bertz CT molecular complexity index is 807. The molecule has 0 saturated carbocycles. The van der Waals surface area contributed by atoms with Gasteiger partial charge in [0.05, 0.1) is 27.0 Å². The lowest BCUT2D eigenvalue weighted by molar-refractivity contribution is -0.120. The lowest BCUT2D eigenvalue weighted by Crippen LogP contribution is -2.34. The predicted octanol–water partition coefficient (Wildman–Crippen LogP) is 1.72. The first kappa shape index (κ1) is 18.9. The van der Waals surface area contributed by atoms with Crippen molar-refractivity contribution < 1.29 is 23.5 Å². The van der Waals surface area contributed by atoms with E-state index in [1.165, 1.54) is 44.7 Å². The second-order valence-corrected chi connectivity index (χ2v) is 5.10. The van der Waals surface area contributed by atoms with Crippen LogP contribution in [-0.4, -0.2) is 38.8 Å². The number of amides is 2. The van der Waals surface area contributed by atoms with Crippen LogP contribution in [0.3, 0.4) is 0 Å². The first-order chi connectivity index (χ1) is 12.5. The topological polar surface area (TPSA) is 89.0 Å². The molecule has 0 bridgehead atoms. The number of nitrogens with zero attached hydrogens (tertiary/aromatic N) is 1. The molecule has 2 rings (SSSR count). The second kappa shape index (κ2) is 9.16. The number of hydrazone groups is 1. The maximum atomic E-state index is 12.8. The zero-order chi connectivity index (χ0) is 18.9. The minimum absolute atomic E-state index is 0.257. The third kappa shape index (κ3) is 5.30. The van der Waals surface area contributed by atoms with Gasteiger partial charge in [-0.3, -0.25) is 9.59 Å². The minimum atomic E-state index is -0.503. The van der Waals surface area contributed by atoms with E-state index in [0.717, 1.165) is 0 Å². The first-order valence-electron chi connectivity index (χ1n) is 7.61. The molecule has 0 saturated heterocycles. The molecule has 2 N–H and O–H groups in total. The summed E-state index contributed by atoms with van der Waals surface area (Å²) in [5, 5.41) is 6.23. The summed E-state index contributed by atoms with van der Waals surface area (Å²) in [6.45, 7) is -0.264. The van der Waals surface area contributed by atoms with Crippen molar-refractivity contribution in [3.63, 3.8) is 0 Å². The summed E-state index contributed by atoms with van der Waals surface area (Å²) >= 11 is 0. The van der Waals surface area contributed by atoms with Gasteiger partial charge in [0.2, 0.25) is 0 Å². The second-order valence-electron chi connectivity index (χ2n) is 5.10. The standard InChI is InChI=1S/C18H18FN3O4/c1-25-15-8-3-12(9-16(15)26-2)10-21-22-17(23)11-20-18(24)13-4-6-14(19)7-5-13/h3-10H,11H2,1-2H3,(H,20,24)(H,22,23). The third-order valence-corrected chi connectivity index (χ3v) is 3.33. The highest BCUT2D eigenvalue weighted by Crippen LogP contribution is 2.26. The maximum absolute atomic E-state index is 12.8. The van der Waals surface area contributed by atoms with E-state index in [9.17, 15) is 14.0 Å². The Kier molecular flexibility index (Phi) is 6.67. The van der Waals surface area contributed by atoms with E-state index in [2.05, 4.69) is 15.8 Å². The fourth-order valence-electron chi connectivity index (χ4n) is 2.02. The van der Waals surface area contributed by atoms with E-state index in [-0.39, 0.29) is 12.1 Å². The average Bonchev–Trinajstić information content (AvgIpc) is 2.66. The normalized spacial score (nSPS) is 10.4. The Morgan fingerprint density at radius 3 is 2.42 bits per heavy atom. The molecule has 0 aromatic heterocycles. The van der Waals surface area contributed by atoms with Gasteiger partial charge in [0.1, 0.15) is 5.82 Å². The molecule has 0 aliphatic heterocycles. The van der Waals surface area contributed by atoms with Gasteiger partial charge in [-0.2, -0.15) is 5.10 Å². The van der Waals surface area contributed by atoms with Gasteiger partial charge >= 0.3 is 0 Å². The fourth-order valence-corrected chi connectivity index (χ4v) is 2.02. The summed E-state index contributed by atoms with van der Waals surface area (Å²) in [5.41, 5.74) is 3.25. The number of carbonyl (C=O) groups is 2. The molecule has 0 spiro atoms. The number of rotatable bonds is 7. The smallest absolute Gasteiger partial charge is 0.259 e. The number of hydrogen-bond donors (Lipinski definition) is 2. The quantitative estimate of drug-likeness (QED) is 0.582. The molecule has 0 aliphatic carbocycles. The summed E-state index contributed by atoms with van der Waals surface area (Å²) in [6, 6.07) is 10.2. The summed E-state index contributed by atoms with van der Waals surface area (Å²) in [6.07, 6.45) is 1.43. The largest absolute Gasteiger partial charge is 0.493 e. The van der Waals surface area contributed by atoms with Crippen molar-refractivity contribution in [1.29, 1.82) is 0 Å². The van der Waals surface area contributed by atoms with Gasteiger partial charge in [-0.15, -0.1) is 0 Å². The van der Waals surface area contributed by atoms with Gasteiger partial charge in [0.15, 0.2) is 11.5 Å². The molecule has 2 aromatic rings. The number of hydrogen-bond acceptors (Lipinski definition) is 5. The molecular weight excluding hydrogens is 341 g/mol. The SMILES string of the molecule is COc1ccc(C=NNC(=O)CNC(=O)c2ccc(F)cc2)cc1OC. The zero-order valence-corrected chi connectivity index (χ0v) is 14.3. The van der Waals surface area contributed by atoms with Crippen molar-refractivity contribution in [1.82, 2.24) is 10.7 Å². The lowest BCUT2D eigenvalue weighted by atomic mass is 10.2. The van der Waals surface area contributed by atoms with Gasteiger partial charge in [-0.05, 0) is 48.0 Å². The predicted molar refractivity (Wildman–Crippen MR) is 94.0 cm³/mol. The molecule has 0 atom stereocenters. The highest BCUT2D eigenvalue weighted by molar-refractivity contribution is 5.96. The molecule has 136 valence electrons. The average molecular weight is 359 g/mol.